The molecular formula is C21H21ClN2OS2. The number of hydrogen-bond acceptors (Lipinski definition) is 3. The van der Waals surface area contributed by atoms with Gasteiger partial charge in [0.15, 0.2) is 4.80 Å². The maximum atomic E-state index is 12.4. The fraction of sp³-hybridized carbons (Fsp3) is 0.238. The number of aromatic nitrogens is 1. The molecule has 0 aliphatic carbocycles. The van der Waals surface area contributed by atoms with Crippen LogP contribution in [0.4, 0.5) is 0 Å². The minimum atomic E-state index is -0.284. The van der Waals surface area contributed by atoms with Gasteiger partial charge in [-0.05, 0) is 61.1 Å². The molecule has 1 amide bonds. The molecule has 0 unspecified atom stereocenters. The molecule has 0 atom stereocenters. The van der Waals surface area contributed by atoms with Gasteiger partial charge < -0.3 is 4.57 Å². The second kappa shape index (κ2) is 8.91. The van der Waals surface area contributed by atoms with E-state index in [1.807, 2.05) is 18.2 Å². The number of benzene rings is 2. The van der Waals surface area contributed by atoms with E-state index in [9.17, 15) is 4.79 Å². The summed E-state index contributed by atoms with van der Waals surface area (Å²) in [4.78, 5) is 17.5. The van der Waals surface area contributed by atoms with Gasteiger partial charge in [0.05, 0.1) is 10.2 Å². The van der Waals surface area contributed by atoms with E-state index in [1.54, 1.807) is 35.2 Å². The zero-order chi connectivity index (χ0) is 19.4. The highest BCUT2D eigenvalue weighted by molar-refractivity contribution is 7.98. The number of halogens is 1. The number of carbonyl (C=O) groups excluding carboxylic acids is 1. The summed E-state index contributed by atoms with van der Waals surface area (Å²) in [7, 11) is 0. The SMILES string of the molecule is CSCCn1c(=NC(=O)/C=C/c2ccccc2Cl)sc2cc(C)c(C)cc21. The highest BCUT2D eigenvalue weighted by Gasteiger charge is 2.09. The Bertz CT molecular complexity index is 1080. The van der Waals surface area contributed by atoms with Gasteiger partial charge in [0.2, 0.25) is 0 Å². The first-order valence-corrected chi connectivity index (χ1v) is 11.2. The minimum Gasteiger partial charge on any atom is -0.315 e. The van der Waals surface area contributed by atoms with Crippen LogP contribution in [0.1, 0.15) is 16.7 Å². The van der Waals surface area contributed by atoms with Crippen LogP contribution in [0.3, 0.4) is 0 Å². The van der Waals surface area contributed by atoms with E-state index in [0.717, 1.165) is 32.9 Å². The van der Waals surface area contributed by atoms with Crippen molar-refractivity contribution >= 4 is 56.9 Å². The fourth-order valence-electron chi connectivity index (χ4n) is 2.71. The first-order valence-electron chi connectivity index (χ1n) is 8.60. The van der Waals surface area contributed by atoms with Crippen LogP contribution in [0.25, 0.3) is 16.3 Å². The molecule has 1 aromatic heterocycles. The summed E-state index contributed by atoms with van der Waals surface area (Å²) in [6.45, 7) is 5.04. The Morgan fingerprint density at radius 3 is 2.74 bits per heavy atom. The molecule has 0 fully saturated rings. The van der Waals surface area contributed by atoms with Gasteiger partial charge in [-0.1, -0.05) is 41.1 Å². The number of thiazole rings is 1. The van der Waals surface area contributed by atoms with Crippen LogP contribution in [-0.4, -0.2) is 22.5 Å². The first kappa shape index (κ1) is 19.9. The second-order valence-electron chi connectivity index (χ2n) is 6.24. The molecule has 1 heterocycles. The minimum absolute atomic E-state index is 0.284. The third kappa shape index (κ3) is 4.72. The number of carbonyl (C=O) groups is 1. The number of thioether (sulfide) groups is 1. The molecule has 3 rings (SSSR count). The van der Waals surface area contributed by atoms with Gasteiger partial charge in [-0.3, -0.25) is 4.79 Å². The van der Waals surface area contributed by atoms with E-state index in [1.165, 1.54) is 17.2 Å². The summed E-state index contributed by atoms with van der Waals surface area (Å²) in [5.41, 5.74) is 4.44. The highest BCUT2D eigenvalue weighted by Crippen LogP contribution is 2.22. The van der Waals surface area contributed by atoms with Gasteiger partial charge in [0, 0.05) is 23.4 Å². The van der Waals surface area contributed by atoms with E-state index in [4.69, 9.17) is 11.6 Å². The van der Waals surface area contributed by atoms with Crippen LogP contribution in [-0.2, 0) is 11.3 Å². The Morgan fingerprint density at radius 1 is 1.26 bits per heavy atom. The molecule has 0 saturated carbocycles. The Balaban J connectivity index is 2.01. The monoisotopic (exact) mass is 416 g/mol. The van der Waals surface area contributed by atoms with Crippen LogP contribution in [0, 0.1) is 13.8 Å². The summed E-state index contributed by atoms with van der Waals surface area (Å²) in [6.07, 6.45) is 5.27. The molecule has 0 bridgehead atoms. The number of rotatable bonds is 5. The quantitative estimate of drug-likeness (QED) is 0.516. The summed E-state index contributed by atoms with van der Waals surface area (Å²) < 4.78 is 3.30. The van der Waals surface area contributed by atoms with E-state index in [-0.39, 0.29) is 5.91 Å². The lowest BCUT2D eigenvalue weighted by atomic mass is 10.1. The lowest BCUT2D eigenvalue weighted by Crippen LogP contribution is -2.17. The number of aryl methyl sites for hydroxylation is 3. The van der Waals surface area contributed by atoms with E-state index in [0.29, 0.717) is 5.02 Å². The predicted molar refractivity (Wildman–Crippen MR) is 119 cm³/mol. The largest absolute Gasteiger partial charge is 0.315 e. The van der Waals surface area contributed by atoms with Crippen LogP contribution in [0.5, 0.6) is 0 Å². The van der Waals surface area contributed by atoms with Crippen molar-refractivity contribution in [2.75, 3.05) is 12.0 Å². The van der Waals surface area contributed by atoms with Crippen LogP contribution < -0.4 is 4.80 Å². The summed E-state index contributed by atoms with van der Waals surface area (Å²) in [5, 5.41) is 0.615. The van der Waals surface area contributed by atoms with Crippen LogP contribution in [0.2, 0.25) is 5.02 Å². The zero-order valence-corrected chi connectivity index (χ0v) is 17.9. The number of amides is 1. The van der Waals surface area contributed by atoms with Gasteiger partial charge in [-0.15, -0.1) is 0 Å². The average Bonchev–Trinajstić information content (AvgIpc) is 2.95. The molecule has 6 heteroatoms. The molecule has 0 aliphatic heterocycles. The van der Waals surface area contributed by atoms with Crippen molar-refractivity contribution in [3.8, 4) is 0 Å². The Labute approximate surface area is 172 Å². The Morgan fingerprint density at radius 2 is 2.00 bits per heavy atom. The molecule has 140 valence electrons. The van der Waals surface area contributed by atoms with Gasteiger partial charge in [-0.25, -0.2) is 0 Å². The Hall–Kier alpha value is -1.82. The fourth-order valence-corrected chi connectivity index (χ4v) is 4.41. The van der Waals surface area contributed by atoms with E-state index >= 15 is 0 Å². The molecule has 0 radical (unpaired) electrons. The normalized spacial score (nSPS) is 12.4. The number of nitrogens with zero attached hydrogens (tertiary/aromatic N) is 2. The molecule has 0 saturated heterocycles. The van der Waals surface area contributed by atoms with Crippen molar-refractivity contribution in [3.05, 3.63) is 69.0 Å². The van der Waals surface area contributed by atoms with Gasteiger partial charge in [-0.2, -0.15) is 16.8 Å². The lowest BCUT2D eigenvalue weighted by molar-refractivity contribution is -0.113. The van der Waals surface area contributed by atoms with Crippen molar-refractivity contribution in [1.82, 2.24) is 4.57 Å². The smallest absolute Gasteiger partial charge is 0.272 e. The molecule has 2 aromatic carbocycles. The molecule has 0 spiro atoms. The van der Waals surface area contributed by atoms with Crippen LogP contribution in [0.15, 0.2) is 47.5 Å². The summed E-state index contributed by atoms with van der Waals surface area (Å²) >= 11 is 9.47. The van der Waals surface area contributed by atoms with Gasteiger partial charge in [0.1, 0.15) is 0 Å². The van der Waals surface area contributed by atoms with Gasteiger partial charge >= 0.3 is 0 Å². The standard InChI is InChI=1S/C21H21ClN2OS2/c1-14-12-18-19(13-15(14)2)27-21(24(18)10-11-26-3)23-20(25)9-8-16-6-4-5-7-17(16)22/h4-9,12-13H,10-11H2,1-3H3/b9-8+,23-21?. The number of hydrogen-bond donors (Lipinski definition) is 0. The molecule has 3 aromatic rings. The molecule has 27 heavy (non-hydrogen) atoms. The van der Waals surface area contributed by atoms with Crippen molar-refractivity contribution in [3.63, 3.8) is 0 Å². The van der Waals surface area contributed by atoms with Crippen LogP contribution >= 0.6 is 34.7 Å². The third-order valence-corrected chi connectivity index (χ3v) is 6.31. The third-order valence-electron chi connectivity index (χ3n) is 4.33. The molecule has 0 N–H and O–H groups in total. The second-order valence-corrected chi connectivity index (χ2v) is 8.64. The molecule has 0 aliphatic rings. The maximum absolute atomic E-state index is 12.4. The predicted octanol–water partition coefficient (Wildman–Crippen LogP) is 5.48. The van der Waals surface area contributed by atoms with Crippen molar-refractivity contribution < 1.29 is 4.79 Å². The summed E-state index contributed by atoms with van der Waals surface area (Å²) in [5.74, 6) is 0.683. The van der Waals surface area contributed by atoms with E-state index < -0.39 is 0 Å². The Kier molecular flexibility index (Phi) is 6.58. The number of fused-ring (bicyclic) bond motifs is 1. The van der Waals surface area contributed by atoms with Crippen molar-refractivity contribution in [1.29, 1.82) is 0 Å². The summed E-state index contributed by atoms with van der Waals surface area (Å²) in [6, 6.07) is 11.8. The van der Waals surface area contributed by atoms with E-state index in [2.05, 4.69) is 41.8 Å². The van der Waals surface area contributed by atoms with Crippen molar-refractivity contribution in [2.24, 2.45) is 4.99 Å². The maximum Gasteiger partial charge on any atom is 0.272 e. The lowest BCUT2D eigenvalue weighted by Gasteiger charge is -2.05. The van der Waals surface area contributed by atoms with Crippen molar-refractivity contribution in [2.45, 2.75) is 20.4 Å². The van der Waals surface area contributed by atoms with Gasteiger partial charge in [0.25, 0.3) is 5.91 Å². The molecule has 3 nitrogen and oxygen atoms in total. The topological polar surface area (TPSA) is 34.4 Å². The average molecular weight is 417 g/mol. The zero-order valence-electron chi connectivity index (χ0n) is 15.5. The first-order chi connectivity index (χ1) is 13.0. The molecular weight excluding hydrogens is 396 g/mol. The highest BCUT2D eigenvalue weighted by atomic mass is 35.5.